The van der Waals surface area contributed by atoms with Gasteiger partial charge in [-0.2, -0.15) is 0 Å². The number of hydrogen-bond donors (Lipinski definition) is 3. The van der Waals surface area contributed by atoms with Gasteiger partial charge in [0.05, 0.1) is 5.60 Å². The second-order valence-corrected chi connectivity index (χ2v) is 6.34. The summed E-state index contributed by atoms with van der Waals surface area (Å²) in [6.07, 6.45) is 0.949. The minimum atomic E-state index is -0.217. The lowest BCUT2D eigenvalue weighted by Crippen LogP contribution is -2.45. The standard InChI is InChI=1S/C18H28N4O/c1-13-14(15-8-6-7-9-16(15)22-13)10-11-20-17(19-4)21-12-18(2,3)23-5/h6-9,22H,10-12H2,1-5H3,(H2,19,20,21). The lowest BCUT2D eigenvalue weighted by molar-refractivity contribution is 0.0268. The highest BCUT2D eigenvalue weighted by molar-refractivity contribution is 5.84. The highest BCUT2D eigenvalue weighted by Crippen LogP contribution is 2.21. The first-order valence-corrected chi connectivity index (χ1v) is 8.02. The summed E-state index contributed by atoms with van der Waals surface area (Å²) >= 11 is 0. The third-order valence-corrected chi connectivity index (χ3v) is 4.15. The van der Waals surface area contributed by atoms with Crippen LogP contribution in [0.4, 0.5) is 0 Å². The monoisotopic (exact) mass is 316 g/mol. The number of ether oxygens (including phenoxy) is 1. The van der Waals surface area contributed by atoms with E-state index in [0.29, 0.717) is 6.54 Å². The van der Waals surface area contributed by atoms with E-state index in [1.807, 2.05) is 13.8 Å². The van der Waals surface area contributed by atoms with Crippen LogP contribution in [0.1, 0.15) is 25.1 Å². The average molecular weight is 316 g/mol. The molecule has 0 spiro atoms. The molecule has 126 valence electrons. The van der Waals surface area contributed by atoms with Gasteiger partial charge in [0, 0.05) is 43.8 Å². The molecule has 5 nitrogen and oxygen atoms in total. The van der Waals surface area contributed by atoms with Crippen molar-refractivity contribution in [3.05, 3.63) is 35.5 Å². The number of rotatable bonds is 6. The van der Waals surface area contributed by atoms with E-state index in [4.69, 9.17) is 4.74 Å². The summed E-state index contributed by atoms with van der Waals surface area (Å²) in [5.41, 5.74) is 3.58. The van der Waals surface area contributed by atoms with E-state index >= 15 is 0 Å². The fraction of sp³-hybridized carbons (Fsp3) is 0.500. The highest BCUT2D eigenvalue weighted by Gasteiger charge is 2.16. The SMILES string of the molecule is CN=C(NCCc1c(C)[nH]c2ccccc12)NCC(C)(C)OC. The molecule has 23 heavy (non-hydrogen) atoms. The third-order valence-electron chi connectivity index (χ3n) is 4.15. The van der Waals surface area contributed by atoms with Gasteiger partial charge in [0.1, 0.15) is 0 Å². The minimum absolute atomic E-state index is 0.217. The van der Waals surface area contributed by atoms with E-state index < -0.39 is 0 Å². The summed E-state index contributed by atoms with van der Waals surface area (Å²) < 4.78 is 5.41. The number of guanidine groups is 1. The molecule has 0 aliphatic rings. The van der Waals surface area contributed by atoms with Crippen LogP contribution < -0.4 is 10.6 Å². The Hall–Kier alpha value is -2.01. The van der Waals surface area contributed by atoms with Crippen molar-refractivity contribution < 1.29 is 4.74 Å². The number of para-hydroxylation sites is 1. The van der Waals surface area contributed by atoms with Gasteiger partial charge < -0.3 is 20.4 Å². The normalized spacial score (nSPS) is 12.7. The molecule has 0 radical (unpaired) electrons. The number of nitrogens with one attached hydrogen (secondary N) is 3. The van der Waals surface area contributed by atoms with Crippen LogP contribution in [-0.4, -0.2) is 43.8 Å². The second-order valence-electron chi connectivity index (χ2n) is 6.34. The number of aliphatic imine (C=N–C) groups is 1. The van der Waals surface area contributed by atoms with Gasteiger partial charge in [0.2, 0.25) is 0 Å². The van der Waals surface area contributed by atoms with Crippen LogP contribution in [0.5, 0.6) is 0 Å². The average Bonchev–Trinajstić information content (AvgIpc) is 2.86. The molecule has 0 bridgehead atoms. The van der Waals surface area contributed by atoms with E-state index in [-0.39, 0.29) is 5.60 Å². The van der Waals surface area contributed by atoms with E-state index in [0.717, 1.165) is 18.9 Å². The van der Waals surface area contributed by atoms with Gasteiger partial charge in [-0.1, -0.05) is 18.2 Å². The Balaban J connectivity index is 1.91. The van der Waals surface area contributed by atoms with E-state index in [9.17, 15) is 0 Å². The van der Waals surface area contributed by atoms with E-state index in [1.165, 1.54) is 22.2 Å². The third kappa shape index (κ3) is 4.48. The predicted octanol–water partition coefficient (Wildman–Crippen LogP) is 2.61. The molecule has 1 aromatic carbocycles. The molecule has 0 aliphatic carbocycles. The predicted molar refractivity (Wildman–Crippen MR) is 97.2 cm³/mol. The lowest BCUT2D eigenvalue weighted by Gasteiger charge is -2.24. The lowest BCUT2D eigenvalue weighted by atomic mass is 10.1. The summed E-state index contributed by atoms with van der Waals surface area (Å²) in [5, 5.41) is 7.97. The molecule has 3 N–H and O–H groups in total. The quantitative estimate of drug-likeness (QED) is 0.567. The van der Waals surface area contributed by atoms with Gasteiger partial charge >= 0.3 is 0 Å². The van der Waals surface area contributed by atoms with Crippen LogP contribution in [-0.2, 0) is 11.2 Å². The Labute approximate surface area is 138 Å². The van der Waals surface area contributed by atoms with Gasteiger partial charge in [0.25, 0.3) is 0 Å². The summed E-state index contributed by atoms with van der Waals surface area (Å²) in [6.45, 7) is 7.75. The Morgan fingerprint density at radius 1 is 1.26 bits per heavy atom. The van der Waals surface area contributed by atoms with Crippen LogP contribution in [0.25, 0.3) is 10.9 Å². The molecular formula is C18H28N4O. The van der Waals surface area contributed by atoms with Crippen LogP contribution in [0.3, 0.4) is 0 Å². The van der Waals surface area contributed by atoms with Crippen LogP contribution >= 0.6 is 0 Å². The number of nitrogens with zero attached hydrogens (tertiary/aromatic N) is 1. The highest BCUT2D eigenvalue weighted by atomic mass is 16.5. The molecule has 0 unspecified atom stereocenters. The van der Waals surface area contributed by atoms with Gasteiger partial charge in [-0.3, -0.25) is 4.99 Å². The number of aromatic amines is 1. The number of benzene rings is 1. The van der Waals surface area contributed by atoms with Gasteiger partial charge in [0.15, 0.2) is 5.96 Å². The minimum Gasteiger partial charge on any atom is -0.377 e. The molecule has 2 aromatic rings. The van der Waals surface area contributed by atoms with Gasteiger partial charge in [-0.05, 0) is 38.8 Å². The molecule has 1 heterocycles. The first kappa shape index (κ1) is 17.3. The van der Waals surface area contributed by atoms with Crippen LogP contribution in [0, 0.1) is 6.92 Å². The van der Waals surface area contributed by atoms with E-state index in [1.54, 1.807) is 14.2 Å². The Bertz CT molecular complexity index is 673. The van der Waals surface area contributed by atoms with Crippen molar-refractivity contribution in [1.29, 1.82) is 0 Å². The Kier molecular flexibility index (Phi) is 5.66. The molecule has 1 aromatic heterocycles. The van der Waals surface area contributed by atoms with Crippen molar-refractivity contribution in [1.82, 2.24) is 15.6 Å². The fourth-order valence-electron chi connectivity index (χ4n) is 2.55. The molecule has 0 atom stereocenters. The summed E-state index contributed by atoms with van der Waals surface area (Å²) in [7, 11) is 3.50. The Morgan fingerprint density at radius 2 is 2.00 bits per heavy atom. The van der Waals surface area contributed by atoms with Crippen molar-refractivity contribution in [3.8, 4) is 0 Å². The topological polar surface area (TPSA) is 61.4 Å². The zero-order valence-electron chi connectivity index (χ0n) is 14.8. The number of aromatic nitrogens is 1. The maximum atomic E-state index is 5.41. The zero-order valence-corrected chi connectivity index (χ0v) is 14.8. The van der Waals surface area contributed by atoms with Crippen molar-refractivity contribution in [2.24, 2.45) is 4.99 Å². The Morgan fingerprint density at radius 3 is 2.70 bits per heavy atom. The summed E-state index contributed by atoms with van der Waals surface area (Å²) in [4.78, 5) is 7.70. The smallest absolute Gasteiger partial charge is 0.191 e. The number of hydrogen-bond acceptors (Lipinski definition) is 2. The molecule has 0 saturated carbocycles. The number of methoxy groups -OCH3 is 1. The molecule has 0 saturated heterocycles. The van der Waals surface area contributed by atoms with Crippen molar-refractivity contribution >= 4 is 16.9 Å². The second kappa shape index (κ2) is 7.51. The largest absolute Gasteiger partial charge is 0.377 e. The van der Waals surface area contributed by atoms with Gasteiger partial charge in [-0.15, -0.1) is 0 Å². The fourth-order valence-corrected chi connectivity index (χ4v) is 2.55. The zero-order chi connectivity index (χ0) is 16.9. The van der Waals surface area contributed by atoms with Crippen LogP contribution in [0.2, 0.25) is 0 Å². The molecular weight excluding hydrogens is 288 g/mol. The number of H-pyrrole nitrogens is 1. The summed E-state index contributed by atoms with van der Waals surface area (Å²) in [6, 6.07) is 8.43. The molecule has 0 amide bonds. The number of aryl methyl sites for hydroxylation is 1. The van der Waals surface area contributed by atoms with Crippen LogP contribution in [0.15, 0.2) is 29.3 Å². The molecule has 0 aliphatic heterocycles. The maximum absolute atomic E-state index is 5.41. The molecule has 2 rings (SSSR count). The van der Waals surface area contributed by atoms with Gasteiger partial charge in [-0.25, -0.2) is 0 Å². The molecule has 5 heteroatoms. The summed E-state index contributed by atoms with van der Waals surface area (Å²) in [5.74, 6) is 0.799. The molecule has 0 fully saturated rings. The first-order chi connectivity index (χ1) is 11.0. The maximum Gasteiger partial charge on any atom is 0.191 e. The van der Waals surface area contributed by atoms with Crippen molar-refractivity contribution in [3.63, 3.8) is 0 Å². The first-order valence-electron chi connectivity index (χ1n) is 8.02. The number of fused-ring (bicyclic) bond motifs is 1. The van der Waals surface area contributed by atoms with Crippen molar-refractivity contribution in [2.75, 3.05) is 27.2 Å². The van der Waals surface area contributed by atoms with E-state index in [2.05, 4.69) is 51.8 Å². The van der Waals surface area contributed by atoms with Crippen molar-refractivity contribution in [2.45, 2.75) is 32.8 Å².